The van der Waals surface area contributed by atoms with Gasteiger partial charge in [0.15, 0.2) is 5.82 Å². The first-order valence-corrected chi connectivity index (χ1v) is 20.1. The van der Waals surface area contributed by atoms with Gasteiger partial charge in [-0.05, 0) is 75.8 Å². The SMILES string of the molecule is CC1(C)c2ccccc2-c2ccc(-c3cc(-c4cc(-c5cccc6c5oc5ccccc56)cc(-c5cccc6c5oc5ccccc56)c4)nc(-c4ccccc4)n3)cc21. The van der Waals surface area contributed by atoms with Crippen LogP contribution in [0, 0.1) is 0 Å². The Morgan fingerprint density at radius 1 is 0.356 bits per heavy atom. The third-order valence-corrected chi connectivity index (χ3v) is 12.3. The molecule has 11 aromatic rings. The molecule has 3 aromatic heterocycles. The van der Waals surface area contributed by atoms with E-state index >= 15 is 0 Å². The minimum absolute atomic E-state index is 0.140. The molecule has 4 nitrogen and oxygen atoms in total. The molecule has 0 bridgehead atoms. The average Bonchev–Trinajstić information content (AvgIpc) is 3.94. The van der Waals surface area contributed by atoms with Gasteiger partial charge >= 0.3 is 0 Å². The first-order chi connectivity index (χ1) is 29.0. The highest BCUT2D eigenvalue weighted by Gasteiger charge is 2.35. The molecule has 0 aliphatic heterocycles. The first kappa shape index (κ1) is 33.6. The molecule has 0 saturated carbocycles. The summed E-state index contributed by atoms with van der Waals surface area (Å²) in [6.07, 6.45) is 0. The largest absolute Gasteiger partial charge is 0.455 e. The van der Waals surface area contributed by atoms with Crippen LogP contribution in [-0.4, -0.2) is 9.97 Å². The van der Waals surface area contributed by atoms with Crippen LogP contribution >= 0.6 is 0 Å². The van der Waals surface area contributed by atoms with E-state index in [1.165, 1.54) is 22.3 Å². The number of para-hydroxylation sites is 4. The Morgan fingerprint density at radius 3 is 1.53 bits per heavy atom. The predicted octanol–water partition coefficient (Wildman–Crippen LogP) is 14.9. The summed E-state index contributed by atoms with van der Waals surface area (Å²) in [7, 11) is 0. The van der Waals surface area contributed by atoms with E-state index in [2.05, 4.69) is 153 Å². The van der Waals surface area contributed by atoms with Crippen LogP contribution in [0.25, 0.3) is 111 Å². The maximum absolute atomic E-state index is 6.63. The van der Waals surface area contributed by atoms with Gasteiger partial charge in [-0.1, -0.05) is 153 Å². The molecular weight excluding hydrogens is 721 g/mol. The summed E-state index contributed by atoms with van der Waals surface area (Å²) in [5.74, 6) is 0.673. The smallest absolute Gasteiger partial charge is 0.160 e. The van der Waals surface area contributed by atoms with Crippen molar-refractivity contribution in [2.45, 2.75) is 19.3 Å². The van der Waals surface area contributed by atoms with Crippen molar-refractivity contribution in [3.63, 3.8) is 0 Å². The van der Waals surface area contributed by atoms with E-state index in [9.17, 15) is 0 Å². The molecular formula is C55H36N2O2. The Balaban J connectivity index is 1.11. The Kier molecular flexibility index (Phi) is 7.24. The molecule has 278 valence electrons. The Morgan fingerprint density at radius 2 is 0.864 bits per heavy atom. The maximum atomic E-state index is 6.63. The number of hydrogen-bond donors (Lipinski definition) is 0. The highest BCUT2D eigenvalue weighted by Crippen LogP contribution is 2.50. The van der Waals surface area contributed by atoms with E-state index in [1.807, 2.05) is 42.5 Å². The molecule has 0 atom stereocenters. The number of hydrogen-bond acceptors (Lipinski definition) is 4. The normalized spacial score (nSPS) is 13.1. The van der Waals surface area contributed by atoms with Crippen LogP contribution < -0.4 is 0 Å². The van der Waals surface area contributed by atoms with E-state index in [0.717, 1.165) is 94.2 Å². The van der Waals surface area contributed by atoms with Gasteiger partial charge in [0.2, 0.25) is 0 Å². The van der Waals surface area contributed by atoms with Crippen molar-refractivity contribution in [2.75, 3.05) is 0 Å². The van der Waals surface area contributed by atoms with Gasteiger partial charge in [0.25, 0.3) is 0 Å². The van der Waals surface area contributed by atoms with Gasteiger partial charge in [-0.3, -0.25) is 0 Å². The number of nitrogens with zero attached hydrogens (tertiary/aromatic N) is 2. The summed E-state index contributed by atoms with van der Waals surface area (Å²) in [6, 6.07) is 64.1. The zero-order valence-electron chi connectivity index (χ0n) is 32.5. The van der Waals surface area contributed by atoms with Gasteiger partial charge in [0.05, 0.1) is 11.4 Å². The molecule has 0 unspecified atom stereocenters. The van der Waals surface area contributed by atoms with Crippen LogP contribution in [0.1, 0.15) is 25.0 Å². The van der Waals surface area contributed by atoms with Crippen molar-refractivity contribution < 1.29 is 8.83 Å². The van der Waals surface area contributed by atoms with Crippen molar-refractivity contribution in [3.05, 3.63) is 193 Å². The second-order valence-corrected chi connectivity index (χ2v) is 16.1. The first-order valence-electron chi connectivity index (χ1n) is 20.1. The quantitative estimate of drug-likeness (QED) is 0.175. The third kappa shape index (κ3) is 5.23. The molecule has 3 heterocycles. The second kappa shape index (κ2) is 12.7. The van der Waals surface area contributed by atoms with Crippen LogP contribution in [0.3, 0.4) is 0 Å². The van der Waals surface area contributed by atoms with E-state index in [-0.39, 0.29) is 5.41 Å². The van der Waals surface area contributed by atoms with Crippen molar-refractivity contribution >= 4 is 43.9 Å². The molecule has 59 heavy (non-hydrogen) atoms. The zero-order chi connectivity index (χ0) is 39.2. The summed E-state index contributed by atoms with van der Waals surface area (Å²) in [5.41, 5.74) is 17.3. The molecule has 0 saturated heterocycles. The van der Waals surface area contributed by atoms with Crippen molar-refractivity contribution in [1.82, 2.24) is 9.97 Å². The molecule has 0 fully saturated rings. The lowest BCUT2D eigenvalue weighted by Crippen LogP contribution is -2.14. The van der Waals surface area contributed by atoms with E-state index in [4.69, 9.17) is 18.8 Å². The fourth-order valence-corrected chi connectivity index (χ4v) is 9.36. The van der Waals surface area contributed by atoms with Gasteiger partial charge in [0, 0.05) is 54.8 Å². The van der Waals surface area contributed by atoms with Crippen LogP contribution in [0.2, 0.25) is 0 Å². The van der Waals surface area contributed by atoms with Crippen LogP contribution in [0.15, 0.2) is 191 Å². The van der Waals surface area contributed by atoms with Gasteiger partial charge in [-0.2, -0.15) is 0 Å². The standard InChI is InChI=1S/C55H36N2O2/c1-55(2)46-23-9-6-16-40(46)41-27-26-34(31-47(41)55)48-32-49(57-54(56-48)33-14-4-3-5-15-33)37-29-35(38-19-12-21-44-42-17-7-10-24-50(42)58-52(38)44)28-36(30-37)39-20-13-22-45-43-18-8-11-25-51(43)59-53(39)45/h3-32H,1-2H3. The van der Waals surface area contributed by atoms with Crippen molar-refractivity contribution in [2.24, 2.45) is 0 Å². The molecule has 0 amide bonds. The molecule has 0 spiro atoms. The lowest BCUT2D eigenvalue weighted by Gasteiger charge is -2.22. The molecule has 1 aliphatic carbocycles. The highest BCUT2D eigenvalue weighted by atomic mass is 16.3. The fourth-order valence-electron chi connectivity index (χ4n) is 9.36. The lowest BCUT2D eigenvalue weighted by atomic mass is 9.82. The minimum Gasteiger partial charge on any atom is -0.455 e. The Labute approximate surface area is 341 Å². The molecule has 12 rings (SSSR count). The van der Waals surface area contributed by atoms with Crippen molar-refractivity contribution in [1.29, 1.82) is 0 Å². The highest BCUT2D eigenvalue weighted by molar-refractivity contribution is 6.11. The van der Waals surface area contributed by atoms with Crippen LogP contribution in [0.5, 0.6) is 0 Å². The van der Waals surface area contributed by atoms with Gasteiger partial charge < -0.3 is 8.83 Å². The summed E-state index contributed by atoms with van der Waals surface area (Å²) < 4.78 is 13.3. The lowest BCUT2D eigenvalue weighted by molar-refractivity contribution is 0.660. The number of furan rings is 2. The Bertz CT molecular complexity index is 3350. The minimum atomic E-state index is -0.140. The Hall–Kier alpha value is -7.56. The van der Waals surface area contributed by atoms with Gasteiger partial charge in [-0.25, -0.2) is 9.97 Å². The summed E-state index contributed by atoms with van der Waals surface area (Å²) in [6.45, 7) is 4.64. The molecule has 0 N–H and O–H groups in total. The topological polar surface area (TPSA) is 52.1 Å². The van der Waals surface area contributed by atoms with Crippen LogP contribution in [0.4, 0.5) is 0 Å². The molecule has 0 radical (unpaired) electrons. The second-order valence-electron chi connectivity index (χ2n) is 16.1. The number of aromatic nitrogens is 2. The summed E-state index contributed by atoms with van der Waals surface area (Å²) in [4.78, 5) is 10.6. The number of fused-ring (bicyclic) bond motifs is 9. The molecule has 4 heteroatoms. The fraction of sp³-hybridized carbons (Fsp3) is 0.0545. The zero-order valence-corrected chi connectivity index (χ0v) is 32.5. The summed E-state index contributed by atoms with van der Waals surface area (Å²) >= 11 is 0. The van der Waals surface area contributed by atoms with Crippen molar-refractivity contribution in [3.8, 4) is 67.3 Å². The molecule has 8 aromatic carbocycles. The van der Waals surface area contributed by atoms with E-state index in [0.29, 0.717) is 5.82 Å². The van der Waals surface area contributed by atoms with E-state index < -0.39 is 0 Å². The predicted molar refractivity (Wildman–Crippen MR) is 241 cm³/mol. The maximum Gasteiger partial charge on any atom is 0.160 e. The number of benzene rings is 8. The van der Waals surface area contributed by atoms with Gasteiger partial charge in [-0.15, -0.1) is 0 Å². The molecule has 1 aliphatic rings. The number of rotatable bonds is 5. The third-order valence-electron chi connectivity index (χ3n) is 12.3. The average molecular weight is 757 g/mol. The van der Waals surface area contributed by atoms with E-state index in [1.54, 1.807) is 0 Å². The monoisotopic (exact) mass is 756 g/mol. The summed E-state index contributed by atoms with van der Waals surface area (Å²) in [5, 5.41) is 4.37. The van der Waals surface area contributed by atoms with Crippen LogP contribution in [-0.2, 0) is 5.41 Å². The van der Waals surface area contributed by atoms with Gasteiger partial charge in [0.1, 0.15) is 22.3 Å².